The van der Waals surface area contributed by atoms with E-state index < -0.39 is 0 Å². The Kier molecular flexibility index (Phi) is 3.20. The highest BCUT2D eigenvalue weighted by Gasteiger charge is 2.13. The zero-order valence-corrected chi connectivity index (χ0v) is 11.1. The van der Waals surface area contributed by atoms with Crippen LogP contribution in [0.25, 0.3) is 5.69 Å². The van der Waals surface area contributed by atoms with Crippen LogP contribution in [-0.4, -0.2) is 15.0 Å². The molecule has 0 fully saturated rings. The maximum atomic E-state index is 5.70. The molecule has 17 heavy (non-hydrogen) atoms. The number of alkyl halides is 1. The van der Waals surface area contributed by atoms with Gasteiger partial charge in [-0.25, -0.2) is 4.68 Å². The third-order valence-electron chi connectivity index (χ3n) is 2.68. The topological polar surface area (TPSA) is 30.7 Å². The molecule has 0 aliphatic heterocycles. The minimum Gasteiger partial charge on any atom is -0.220 e. The molecule has 0 bridgehead atoms. The normalized spacial score (nSPS) is 11.8. The van der Waals surface area contributed by atoms with Crippen molar-refractivity contribution in [2.45, 2.75) is 32.1 Å². The van der Waals surface area contributed by atoms with Gasteiger partial charge in [0.25, 0.3) is 0 Å². The Morgan fingerprint density at radius 1 is 1.18 bits per heavy atom. The standard InChI is InChI=1S/C13H16ClN3/c1-13(2,3)10-4-6-12(7-5-10)17-9-11(8-14)15-16-17/h4-7,9H,8H2,1-3H3. The number of hydrogen-bond donors (Lipinski definition) is 0. The van der Waals surface area contributed by atoms with Crippen molar-refractivity contribution in [3.05, 3.63) is 41.7 Å². The molecule has 0 aliphatic rings. The van der Waals surface area contributed by atoms with Crippen molar-refractivity contribution in [2.24, 2.45) is 0 Å². The third kappa shape index (κ3) is 2.67. The second-order valence-corrected chi connectivity index (χ2v) is 5.35. The molecule has 0 atom stereocenters. The summed E-state index contributed by atoms with van der Waals surface area (Å²) in [7, 11) is 0. The van der Waals surface area contributed by atoms with Crippen LogP contribution >= 0.6 is 11.6 Å². The van der Waals surface area contributed by atoms with E-state index in [9.17, 15) is 0 Å². The largest absolute Gasteiger partial charge is 0.220 e. The monoisotopic (exact) mass is 249 g/mol. The lowest BCUT2D eigenvalue weighted by Crippen LogP contribution is -2.10. The Morgan fingerprint density at radius 2 is 1.82 bits per heavy atom. The van der Waals surface area contributed by atoms with Gasteiger partial charge in [-0.3, -0.25) is 0 Å². The molecular weight excluding hydrogens is 234 g/mol. The second-order valence-electron chi connectivity index (χ2n) is 5.08. The van der Waals surface area contributed by atoms with Gasteiger partial charge in [0.15, 0.2) is 0 Å². The first kappa shape index (κ1) is 12.1. The van der Waals surface area contributed by atoms with Crippen LogP contribution in [0.1, 0.15) is 32.0 Å². The molecule has 1 heterocycles. The van der Waals surface area contributed by atoms with Crippen LogP contribution in [0.3, 0.4) is 0 Å². The summed E-state index contributed by atoms with van der Waals surface area (Å²) < 4.78 is 1.74. The van der Waals surface area contributed by atoms with E-state index in [1.54, 1.807) is 4.68 Å². The SMILES string of the molecule is CC(C)(C)c1ccc(-n2cc(CCl)nn2)cc1. The number of hydrogen-bond acceptors (Lipinski definition) is 2. The van der Waals surface area contributed by atoms with E-state index in [4.69, 9.17) is 11.6 Å². The Balaban J connectivity index is 2.29. The molecular formula is C13H16ClN3. The molecule has 0 unspecified atom stereocenters. The van der Waals surface area contributed by atoms with E-state index in [-0.39, 0.29) is 5.41 Å². The molecule has 0 aliphatic carbocycles. The molecule has 2 rings (SSSR count). The predicted octanol–water partition coefficient (Wildman–Crippen LogP) is 3.30. The van der Waals surface area contributed by atoms with Crippen LogP contribution < -0.4 is 0 Å². The highest BCUT2D eigenvalue weighted by molar-refractivity contribution is 6.16. The maximum Gasteiger partial charge on any atom is 0.0979 e. The summed E-state index contributed by atoms with van der Waals surface area (Å²) in [5.74, 6) is 0.389. The van der Waals surface area contributed by atoms with Gasteiger partial charge in [0.2, 0.25) is 0 Å². The van der Waals surface area contributed by atoms with E-state index in [0.717, 1.165) is 11.4 Å². The lowest BCUT2D eigenvalue weighted by Gasteiger charge is -2.18. The summed E-state index contributed by atoms with van der Waals surface area (Å²) in [4.78, 5) is 0. The van der Waals surface area contributed by atoms with Gasteiger partial charge >= 0.3 is 0 Å². The zero-order valence-electron chi connectivity index (χ0n) is 10.3. The summed E-state index contributed by atoms with van der Waals surface area (Å²) in [6, 6.07) is 8.34. The molecule has 1 aromatic heterocycles. The number of halogens is 1. The first-order chi connectivity index (χ1) is 8.00. The number of nitrogens with zero attached hydrogens (tertiary/aromatic N) is 3. The number of benzene rings is 1. The molecule has 0 spiro atoms. The van der Waals surface area contributed by atoms with Crippen molar-refractivity contribution in [3.63, 3.8) is 0 Å². The van der Waals surface area contributed by atoms with Gasteiger partial charge in [-0.05, 0) is 23.1 Å². The van der Waals surface area contributed by atoms with E-state index in [2.05, 4.69) is 43.2 Å². The molecule has 3 nitrogen and oxygen atoms in total. The summed E-state index contributed by atoms with van der Waals surface area (Å²) >= 11 is 5.70. The fourth-order valence-electron chi connectivity index (χ4n) is 1.60. The average Bonchev–Trinajstić information content (AvgIpc) is 2.76. The predicted molar refractivity (Wildman–Crippen MR) is 69.6 cm³/mol. The molecule has 4 heteroatoms. The molecule has 0 saturated carbocycles. The number of aromatic nitrogens is 3. The average molecular weight is 250 g/mol. The Morgan fingerprint density at radius 3 is 2.29 bits per heavy atom. The fourth-order valence-corrected chi connectivity index (χ4v) is 1.72. The first-order valence-corrected chi connectivity index (χ1v) is 6.12. The zero-order chi connectivity index (χ0) is 12.5. The van der Waals surface area contributed by atoms with Gasteiger partial charge in [0, 0.05) is 0 Å². The Labute approximate surface area is 106 Å². The molecule has 0 amide bonds. The summed E-state index contributed by atoms with van der Waals surface area (Å²) in [6.45, 7) is 6.59. The summed E-state index contributed by atoms with van der Waals surface area (Å²) in [5.41, 5.74) is 3.26. The van der Waals surface area contributed by atoms with Gasteiger partial charge in [0.1, 0.15) is 0 Å². The Bertz CT molecular complexity index is 494. The van der Waals surface area contributed by atoms with Crippen LogP contribution in [0.4, 0.5) is 0 Å². The fraction of sp³-hybridized carbons (Fsp3) is 0.385. The van der Waals surface area contributed by atoms with Gasteiger partial charge < -0.3 is 0 Å². The third-order valence-corrected chi connectivity index (χ3v) is 2.95. The summed E-state index contributed by atoms with van der Waals surface area (Å²) in [5, 5.41) is 7.99. The van der Waals surface area contributed by atoms with Crippen LogP contribution in [0.15, 0.2) is 30.5 Å². The van der Waals surface area contributed by atoms with Crippen LogP contribution in [0.5, 0.6) is 0 Å². The smallest absolute Gasteiger partial charge is 0.0979 e. The molecule has 0 radical (unpaired) electrons. The van der Waals surface area contributed by atoms with Crippen molar-refractivity contribution in [3.8, 4) is 5.69 Å². The summed E-state index contributed by atoms with van der Waals surface area (Å²) in [6.07, 6.45) is 1.85. The van der Waals surface area contributed by atoms with Crippen molar-refractivity contribution >= 4 is 11.6 Å². The second kappa shape index (κ2) is 4.49. The van der Waals surface area contributed by atoms with E-state index in [0.29, 0.717) is 5.88 Å². The van der Waals surface area contributed by atoms with Crippen LogP contribution in [0.2, 0.25) is 0 Å². The molecule has 1 aromatic carbocycles. The minimum absolute atomic E-state index is 0.169. The lowest BCUT2D eigenvalue weighted by molar-refractivity contribution is 0.590. The first-order valence-electron chi connectivity index (χ1n) is 5.59. The number of rotatable bonds is 2. The molecule has 90 valence electrons. The highest BCUT2D eigenvalue weighted by Crippen LogP contribution is 2.22. The van der Waals surface area contributed by atoms with E-state index in [1.165, 1.54) is 5.56 Å². The van der Waals surface area contributed by atoms with Crippen molar-refractivity contribution in [1.29, 1.82) is 0 Å². The van der Waals surface area contributed by atoms with Gasteiger partial charge in [-0.1, -0.05) is 38.1 Å². The quantitative estimate of drug-likeness (QED) is 0.765. The lowest BCUT2D eigenvalue weighted by atomic mass is 9.87. The molecule has 2 aromatic rings. The Hall–Kier alpha value is -1.35. The van der Waals surface area contributed by atoms with Gasteiger partial charge in [-0.15, -0.1) is 16.7 Å². The van der Waals surface area contributed by atoms with Gasteiger partial charge in [0.05, 0.1) is 23.5 Å². The van der Waals surface area contributed by atoms with E-state index in [1.807, 2.05) is 18.3 Å². The van der Waals surface area contributed by atoms with Crippen molar-refractivity contribution in [2.75, 3.05) is 0 Å². The highest BCUT2D eigenvalue weighted by atomic mass is 35.5. The maximum absolute atomic E-state index is 5.70. The van der Waals surface area contributed by atoms with Crippen molar-refractivity contribution in [1.82, 2.24) is 15.0 Å². The molecule has 0 saturated heterocycles. The molecule has 0 N–H and O–H groups in total. The van der Waals surface area contributed by atoms with Crippen LogP contribution in [-0.2, 0) is 11.3 Å². The van der Waals surface area contributed by atoms with Crippen molar-refractivity contribution < 1.29 is 0 Å². The van der Waals surface area contributed by atoms with E-state index >= 15 is 0 Å². The van der Waals surface area contributed by atoms with Gasteiger partial charge in [-0.2, -0.15) is 0 Å². The van der Waals surface area contributed by atoms with Crippen LogP contribution in [0, 0.1) is 0 Å². The minimum atomic E-state index is 0.169.